The van der Waals surface area contributed by atoms with Gasteiger partial charge in [0.2, 0.25) is 0 Å². The Bertz CT molecular complexity index is 922. The predicted octanol–water partition coefficient (Wildman–Crippen LogP) is 4.91. The number of amides is 1. The van der Waals surface area contributed by atoms with Gasteiger partial charge in [0.15, 0.2) is 0 Å². The van der Waals surface area contributed by atoms with Gasteiger partial charge in [0.25, 0.3) is 0 Å². The van der Waals surface area contributed by atoms with E-state index in [-0.39, 0.29) is 11.9 Å². The standard InChI is InChI=1S/C25H31FN2O4/c1-3-31-22-13-16(14-23(32-4-2)24(22)17-5-7-18(26)8-6-17)15-28-12-11-19-20(27-25(29)30)9-10-21(19)28/h5-8,13-14,19-21,27H,3-4,9-12,15H2,1-2H3,(H,29,30). The van der Waals surface area contributed by atoms with Crippen molar-refractivity contribution in [3.05, 3.63) is 47.8 Å². The van der Waals surface area contributed by atoms with E-state index in [1.165, 1.54) is 12.1 Å². The molecule has 1 aliphatic carbocycles. The van der Waals surface area contributed by atoms with Gasteiger partial charge in [0.05, 0.1) is 18.8 Å². The van der Waals surface area contributed by atoms with Crippen LogP contribution in [0.4, 0.5) is 9.18 Å². The second-order valence-electron chi connectivity index (χ2n) is 8.46. The molecule has 0 radical (unpaired) electrons. The Balaban J connectivity index is 1.61. The predicted molar refractivity (Wildman–Crippen MR) is 121 cm³/mol. The molecule has 2 N–H and O–H groups in total. The number of carboxylic acid groups (broad SMARTS) is 1. The fraction of sp³-hybridized carbons (Fsp3) is 0.480. The van der Waals surface area contributed by atoms with Crippen LogP contribution in [0.1, 0.15) is 38.7 Å². The fourth-order valence-corrected chi connectivity index (χ4v) is 5.32. The quantitative estimate of drug-likeness (QED) is 0.608. The van der Waals surface area contributed by atoms with Crippen LogP contribution in [0.3, 0.4) is 0 Å². The van der Waals surface area contributed by atoms with Crippen molar-refractivity contribution in [2.45, 2.75) is 51.7 Å². The van der Waals surface area contributed by atoms with Crippen LogP contribution in [0.5, 0.6) is 11.5 Å². The molecule has 0 bridgehead atoms. The average Bonchev–Trinajstić information content (AvgIpc) is 3.33. The first-order chi connectivity index (χ1) is 15.5. The van der Waals surface area contributed by atoms with Crippen LogP contribution < -0.4 is 14.8 Å². The molecule has 1 amide bonds. The molecule has 32 heavy (non-hydrogen) atoms. The van der Waals surface area contributed by atoms with Gasteiger partial charge in [-0.1, -0.05) is 12.1 Å². The Labute approximate surface area is 188 Å². The van der Waals surface area contributed by atoms with Crippen LogP contribution in [0.25, 0.3) is 11.1 Å². The van der Waals surface area contributed by atoms with E-state index in [0.29, 0.717) is 25.2 Å². The Morgan fingerprint density at radius 2 is 1.75 bits per heavy atom. The number of benzene rings is 2. The monoisotopic (exact) mass is 442 g/mol. The highest BCUT2D eigenvalue weighted by atomic mass is 19.1. The lowest BCUT2D eigenvalue weighted by atomic mass is 9.99. The summed E-state index contributed by atoms with van der Waals surface area (Å²) in [6, 6.07) is 10.9. The van der Waals surface area contributed by atoms with Crippen molar-refractivity contribution in [1.82, 2.24) is 10.2 Å². The molecule has 2 fully saturated rings. The van der Waals surface area contributed by atoms with Gasteiger partial charge in [0, 0.05) is 18.6 Å². The average molecular weight is 443 g/mol. The van der Waals surface area contributed by atoms with Crippen LogP contribution in [-0.2, 0) is 6.54 Å². The summed E-state index contributed by atoms with van der Waals surface area (Å²) in [5.74, 6) is 1.54. The first-order valence-corrected chi connectivity index (χ1v) is 11.4. The minimum Gasteiger partial charge on any atom is -0.493 e. The molecular weight excluding hydrogens is 411 g/mol. The number of ether oxygens (including phenoxy) is 2. The largest absolute Gasteiger partial charge is 0.493 e. The zero-order valence-electron chi connectivity index (χ0n) is 18.6. The van der Waals surface area contributed by atoms with Gasteiger partial charge in [-0.3, -0.25) is 4.90 Å². The summed E-state index contributed by atoms with van der Waals surface area (Å²) in [6.07, 6.45) is 1.95. The second-order valence-corrected chi connectivity index (χ2v) is 8.46. The van der Waals surface area contributed by atoms with Crippen LogP contribution in [0.2, 0.25) is 0 Å². The normalized spacial score (nSPS) is 22.5. The van der Waals surface area contributed by atoms with E-state index in [0.717, 1.165) is 60.5 Å². The number of nitrogens with zero attached hydrogens (tertiary/aromatic N) is 1. The number of carbonyl (C=O) groups is 1. The minimum absolute atomic E-state index is 0.0429. The molecule has 2 aliphatic rings. The topological polar surface area (TPSA) is 71.0 Å². The summed E-state index contributed by atoms with van der Waals surface area (Å²) in [6.45, 7) is 6.62. The fourth-order valence-electron chi connectivity index (χ4n) is 5.32. The smallest absolute Gasteiger partial charge is 0.404 e. The molecule has 1 saturated carbocycles. The maximum Gasteiger partial charge on any atom is 0.404 e. The van der Waals surface area contributed by atoms with E-state index in [9.17, 15) is 9.18 Å². The molecule has 4 rings (SSSR count). The summed E-state index contributed by atoms with van der Waals surface area (Å²) >= 11 is 0. The maximum atomic E-state index is 13.5. The number of nitrogens with one attached hydrogen (secondary N) is 1. The van der Waals surface area contributed by atoms with Crippen LogP contribution in [0, 0.1) is 11.7 Å². The van der Waals surface area contributed by atoms with E-state index in [4.69, 9.17) is 14.6 Å². The van der Waals surface area contributed by atoms with Crippen molar-refractivity contribution < 1.29 is 23.8 Å². The summed E-state index contributed by atoms with van der Waals surface area (Å²) in [5, 5.41) is 11.8. The molecule has 2 aromatic carbocycles. The molecule has 1 aliphatic heterocycles. The lowest BCUT2D eigenvalue weighted by Gasteiger charge is -2.25. The van der Waals surface area contributed by atoms with Crippen molar-refractivity contribution in [3.8, 4) is 22.6 Å². The van der Waals surface area contributed by atoms with Gasteiger partial charge in [-0.2, -0.15) is 0 Å². The molecule has 1 heterocycles. The molecule has 7 heteroatoms. The van der Waals surface area contributed by atoms with Gasteiger partial charge < -0.3 is 19.9 Å². The number of hydrogen-bond acceptors (Lipinski definition) is 4. The van der Waals surface area contributed by atoms with Crippen molar-refractivity contribution in [3.63, 3.8) is 0 Å². The van der Waals surface area contributed by atoms with Crippen molar-refractivity contribution in [1.29, 1.82) is 0 Å². The van der Waals surface area contributed by atoms with Crippen LogP contribution in [-0.4, -0.2) is 47.9 Å². The molecule has 3 atom stereocenters. The summed E-state index contributed by atoms with van der Waals surface area (Å²) in [7, 11) is 0. The van der Waals surface area contributed by atoms with E-state index < -0.39 is 6.09 Å². The van der Waals surface area contributed by atoms with Gasteiger partial charge in [-0.25, -0.2) is 9.18 Å². The van der Waals surface area contributed by atoms with Gasteiger partial charge in [-0.05, 0) is 81.0 Å². The molecule has 172 valence electrons. The second kappa shape index (κ2) is 9.77. The summed E-state index contributed by atoms with van der Waals surface area (Å²) in [4.78, 5) is 13.6. The third-order valence-electron chi connectivity index (χ3n) is 6.56. The number of likely N-dealkylation sites (tertiary alicyclic amines) is 1. The number of halogens is 1. The van der Waals surface area contributed by atoms with Crippen LogP contribution in [0.15, 0.2) is 36.4 Å². The molecule has 0 spiro atoms. The number of hydrogen-bond donors (Lipinski definition) is 2. The van der Waals surface area contributed by atoms with Gasteiger partial charge in [0.1, 0.15) is 17.3 Å². The van der Waals surface area contributed by atoms with E-state index in [1.54, 1.807) is 12.1 Å². The van der Waals surface area contributed by atoms with Crippen LogP contribution >= 0.6 is 0 Å². The Kier molecular flexibility index (Phi) is 6.84. The first-order valence-electron chi connectivity index (χ1n) is 11.4. The third kappa shape index (κ3) is 4.67. The lowest BCUT2D eigenvalue weighted by Crippen LogP contribution is -2.38. The molecule has 1 saturated heterocycles. The summed E-state index contributed by atoms with van der Waals surface area (Å²) < 4.78 is 25.5. The van der Waals surface area contributed by atoms with Gasteiger partial charge in [-0.15, -0.1) is 0 Å². The maximum absolute atomic E-state index is 13.5. The van der Waals surface area contributed by atoms with E-state index in [1.807, 2.05) is 13.8 Å². The molecule has 6 nitrogen and oxygen atoms in total. The zero-order chi connectivity index (χ0) is 22.7. The highest BCUT2D eigenvalue weighted by Crippen LogP contribution is 2.42. The van der Waals surface area contributed by atoms with E-state index >= 15 is 0 Å². The van der Waals surface area contributed by atoms with Crippen molar-refractivity contribution >= 4 is 6.09 Å². The number of fused-ring (bicyclic) bond motifs is 1. The molecular formula is C25H31FN2O4. The molecule has 0 aromatic heterocycles. The molecule has 3 unspecified atom stereocenters. The first kappa shape index (κ1) is 22.4. The highest BCUT2D eigenvalue weighted by Gasteiger charge is 2.44. The minimum atomic E-state index is -0.937. The summed E-state index contributed by atoms with van der Waals surface area (Å²) in [5.41, 5.74) is 2.78. The van der Waals surface area contributed by atoms with E-state index in [2.05, 4.69) is 22.3 Å². The van der Waals surface area contributed by atoms with Gasteiger partial charge >= 0.3 is 6.09 Å². The Hall–Kier alpha value is -2.80. The zero-order valence-corrected chi connectivity index (χ0v) is 18.6. The third-order valence-corrected chi connectivity index (χ3v) is 6.56. The van der Waals surface area contributed by atoms with Crippen molar-refractivity contribution in [2.24, 2.45) is 5.92 Å². The SMILES string of the molecule is CCOc1cc(CN2CCC3C(NC(=O)O)CCC32)cc(OCC)c1-c1ccc(F)cc1. The lowest BCUT2D eigenvalue weighted by molar-refractivity contribution is 0.184. The number of rotatable bonds is 8. The molecule has 2 aromatic rings. The van der Waals surface area contributed by atoms with Crippen molar-refractivity contribution in [2.75, 3.05) is 19.8 Å². The highest BCUT2D eigenvalue weighted by molar-refractivity contribution is 5.77. The Morgan fingerprint density at radius 1 is 1.09 bits per heavy atom. The Morgan fingerprint density at radius 3 is 2.34 bits per heavy atom.